The van der Waals surface area contributed by atoms with Gasteiger partial charge >= 0.3 is 0 Å². The molecule has 0 bridgehead atoms. The Labute approximate surface area is 692 Å². The first-order valence-electron chi connectivity index (χ1n) is 38.6. The highest BCUT2D eigenvalue weighted by molar-refractivity contribution is 9.10. The molecule has 0 amide bonds. The molecule has 0 unspecified atom stereocenters. The van der Waals surface area contributed by atoms with Gasteiger partial charge in [-0.05, 0) is 181 Å². The van der Waals surface area contributed by atoms with Crippen molar-refractivity contribution in [3.8, 4) is 11.5 Å². The number of hydrogen-bond acceptors (Lipinski definition) is 8. The summed E-state index contributed by atoms with van der Waals surface area (Å²) in [5.74, 6) is 2.82. The van der Waals surface area contributed by atoms with Crippen molar-refractivity contribution in [1.82, 2.24) is 23.1 Å². The maximum Gasteiger partial charge on any atom is 0.215 e. The zero-order valence-corrected chi connectivity index (χ0v) is 69.6. The number of halogens is 2. The molecule has 0 saturated heterocycles. The highest BCUT2D eigenvalue weighted by atomic mass is 79.9. The Balaban J connectivity index is 0.0000000971. The Kier molecular flexibility index (Phi) is 20.9. The molecule has 4 aliphatic heterocycles. The molecule has 0 N–H and O–H groups in total. The fourth-order valence-corrected chi connectivity index (χ4v) is 18.3. The number of rotatable bonds is 1. The van der Waals surface area contributed by atoms with Crippen molar-refractivity contribution >= 4 is 178 Å². The molecule has 14 heteroatoms. The summed E-state index contributed by atoms with van der Waals surface area (Å²) in [4.78, 5) is 18.6. The lowest BCUT2D eigenvalue weighted by Gasteiger charge is -2.40. The topological polar surface area (TPSA) is 57.5 Å². The maximum atomic E-state index is 5.81. The summed E-state index contributed by atoms with van der Waals surface area (Å²) in [6.07, 6.45) is 0. The van der Waals surface area contributed by atoms with E-state index < -0.39 is 0 Å². The van der Waals surface area contributed by atoms with E-state index in [9.17, 15) is 0 Å². The van der Waals surface area contributed by atoms with Crippen LogP contribution in [0.5, 0.6) is 11.5 Å². The van der Waals surface area contributed by atoms with Crippen molar-refractivity contribution < 1.29 is 4.74 Å². The molecule has 0 atom stereocenters. The molecule has 566 valence electrons. The molecule has 0 spiro atoms. The lowest BCUT2D eigenvalue weighted by Crippen LogP contribution is -2.30. The first-order chi connectivity index (χ1) is 56.1. The van der Waals surface area contributed by atoms with Gasteiger partial charge in [0, 0.05) is 134 Å². The second-order valence-corrected chi connectivity index (χ2v) is 32.3. The molecule has 4 aliphatic rings. The predicted molar refractivity (Wildman–Crippen MR) is 494 cm³/mol. The summed E-state index contributed by atoms with van der Waals surface area (Å²) in [5.41, 5.74) is 26.1. The summed E-state index contributed by atoms with van der Waals surface area (Å²) < 4.78 is 16.9. The summed E-state index contributed by atoms with van der Waals surface area (Å²) in [6.45, 7) is 4.61. The lowest BCUT2D eigenvalue weighted by molar-refractivity contribution is 0.475. The molecule has 0 fully saturated rings. The molecule has 0 aliphatic carbocycles. The second kappa shape index (κ2) is 32.0. The van der Waals surface area contributed by atoms with Crippen LogP contribution in [0.3, 0.4) is 0 Å². The van der Waals surface area contributed by atoms with E-state index in [1.807, 2.05) is 54.2 Å². The predicted octanol–water partition coefficient (Wildman–Crippen LogP) is 28.0. The Morgan fingerprint density at radius 2 is 0.635 bits per heavy atom. The number of aryl methyl sites for hydroxylation is 3. The first kappa shape index (κ1) is 75.0. The number of benzene rings is 15. The third-order valence-corrected chi connectivity index (χ3v) is 24.4. The molecule has 8 heterocycles. The van der Waals surface area contributed by atoms with Crippen LogP contribution < -0.4 is 29.2 Å². The fourth-order valence-electron chi connectivity index (χ4n) is 16.4. The highest BCUT2D eigenvalue weighted by Gasteiger charge is 2.35. The van der Waals surface area contributed by atoms with Gasteiger partial charge in [-0.1, -0.05) is 246 Å². The van der Waals surface area contributed by atoms with Gasteiger partial charge in [0.15, 0.2) is 11.5 Å². The Bertz CT molecular complexity index is 6400. The summed E-state index contributed by atoms with van der Waals surface area (Å²) >= 11 is 8.89. The van der Waals surface area contributed by atoms with E-state index in [0.717, 1.165) is 43.1 Å². The third kappa shape index (κ3) is 14.2. The lowest BCUT2D eigenvalue weighted by atomic mass is 9.74. The molecular weight excluding hydrogens is 1560 g/mol. The van der Waals surface area contributed by atoms with Crippen LogP contribution in [-0.4, -0.2) is 51.3 Å². The van der Waals surface area contributed by atoms with Crippen molar-refractivity contribution in [2.75, 3.05) is 52.7 Å². The fraction of sp³-hybridized carbons (Fsp3) is 0.0990. The molecule has 19 aromatic rings. The third-order valence-electron chi connectivity index (χ3n) is 22.3. The number of imidazole rings is 2. The molecule has 0 radical (unpaired) electrons. The van der Waals surface area contributed by atoms with E-state index in [4.69, 9.17) is 4.74 Å². The van der Waals surface area contributed by atoms with Crippen LogP contribution in [0, 0.1) is 0 Å². The molecule has 4 aromatic heterocycles. The molecule has 115 heavy (non-hydrogen) atoms. The molecule has 15 aromatic carbocycles. The van der Waals surface area contributed by atoms with Gasteiger partial charge in [-0.15, -0.1) is 0 Å². The van der Waals surface area contributed by atoms with Crippen LogP contribution in [0.15, 0.2) is 377 Å². The Hall–Kier alpha value is -12.7. The van der Waals surface area contributed by atoms with E-state index in [-0.39, 0.29) is 5.41 Å². The van der Waals surface area contributed by atoms with Gasteiger partial charge in [0.05, 0.1) is 67.6 Å². The van der Waals surface area contributed by atoms with Crippen molar-refractivity contribution in [3.05, 3.63) is 378 Å². The quantitative estimate of drug-likeness (QED) is 0.161. The normalized spacial score (nSPS) is 12.8. The second-order valence-electron chi connectivity index (χ2n) is 29.4. The number of ether oxygens (including phenoxy) is 1. The van der Waals surface area contributed by atoms with Gasteiger partial charge in [0.1, 0.15) is 0 Å². The molecule has 11 nitrogen and oxygen atoms in total. The average molecular weight is 1650 g/mol. The number of aromatic nitrogens is 5. The first-order valence-corrected chi connectivity index (χ1v) is 41.0. The minimum atomic E-state index is 0.0830. The van der Waals surface area contributed by atoms with Gasteiger partial charge < -0.3 is 42.9 Å². The Morgan fingerprint density at radius 1 is 0.287 bits per heavy atom. The SMILES string of the molecule is CN1c2ccccc2C(C)(C)c2ccccc21.CN1c2ccccc2N(c2ccccc2)c2ccccc21.CN1c2ccccc2Oc2ccccc21.CN1c2ccccc2Sc2ccccc21.Cn1c2ccc(Br)cc2c2cc(Br)ccc21.Cn1c2ccccc2c2ccccc21.Cn1c2ccccc2n2c3ccccc3nc12. The number of nitrogens with zero attached hydrogens (tertiary/aromatic N) is 10. The maximum absolute atomic E-state index is 5.81. The monoisotopic (exact) mass is 1640 g/mol. The minimum Gasteiger partial charge on any atom is -0.453 e. The molecular formula is C101H86Br2N10OS. The standard InChI is InChI=1S/C19H16N2.C16H17N.C14H11N3.C13H9Br2N.C13H11NO.C13H11NS.C13H11N/c1-20-16-11-5-7-13-18(16)21(15-9-3-2-4-10-15)19-14-8-6-12-17(19)20;1-16(2)12-8-4-6-10-14(12)17(3)15-11-7-5-9-13(15)16;1-16-12-8-4-5-9-13(12)17-11-7-3-2-6-10(11)15-14(16)17;1-16-12-4-2-8(14)6-10(12)11-7-9(15)3-5-13(11)16;2*1-14-10-6-2-4-8-12(10)15-13-9-5-3-7-11(13)14;1-14-12-8-4-2-6-10(12)11-7-3-5-9-13(11)14/h2-14H,1H3;4-11H,1-3H3;2-9H,1H3;2-7H,1H3;2*2-9H,1H3;2-9H,1H3. The van der Waals surface area contributed by atoms with Crippen LogP contribution >= 0.6 is 43.6 Å². The van der Waals surface area contributed by atoms with Crippen LogP contribution in [0.4, 0.5) is 62.6 Å². The van der Waals surface area contributed by atoms with Crippen LogP contribution in [0.1, 0.15) is 25.0 Å². The van der Waals surface area contributed by atoms with Gasteiger partial charge in [0.2, 0.25) is 5.78 Å². The highest BCUT2D eigenvalue weighted by Crippen LogP contribution is 2.52. The van der Waals surface area contributed by atoms with E-state index in [1.165, 1.54) is 132 Å². The van der Waals surface area contributed by atoms with Crippen molar-refractivity contribution in [2.24, 2.45) is 21.1 Å². The number of fused-ring (bicyclic) bond motifs is 19. The number of para-hydroxylation sites is 19. The number of anilines is 11. The van der Waals surface area contributed by atoms with Crippen LogP contribution in [-0.2, 0) is 26.6 Å². The molecule has 23 rings (SSSR count). The summed E-state index contributed by atoms with van der Waals surface area (Å²) in [6, 6.07) is 125. The average Bonchev–Trinajstić information content (AvgIpc) is 1.16. The van der Waals surface area contributed by atoms with Crippen molar-refractivity contribution in [3.63, 3.8) is 0 Å². The minimum absolute atomic E-state index is 0.0830. The van der Waals surface area contributed by atoms with Crippen molar-refractivity contribution in [1.29, 1.82) is 0 Å². The Morgan fingerprint density at radius 3 is 1.14 bits per heavy atom. The van der Waals surface area contributed by atoms with E-state index in [0.29, 0.717) is 0 Å². The van der Waals surface area contributed by atoms with Crippen LogP contribution in [0.25, 0.3) is 71.5 Å². The van der Waals surface area contributed by atoms with Gasteiger partial charge in [0.25, 0.3) is 0 Å². The number of hydrogen-bond donors (Lipinski definition) is 0. The van der Waals surface area contributed by atoms with Gasteiger partial charge in [-0.2, -0.15) is 0 Å². The van der Waals surface area contributed by atoms with Gasteiger partial charge in [-0.3, -0.25) is 4.40 Å². The molecule has 0 saturated carbocycles. The smallest absolute Gasteiger partial charge is 0.215 e. The zero-order valence-electron chi connectivity index (χ0n) is 65.6. The summed E-state index contributed by atoms with van der Waals surface area (Å²) in [5, 5.41) is 5.25. The zero-order chi connectivity index (χ0) is 79.0. The van der Waals surface area contributed by atoms with Crippen LogP contribution in [0.2, 0.25) is 0 Å². The van der Waals surface area contributed by atoms with E-state index in [2.05, 4.69) is 458 Å². The van der Waals surface area contributed by atoms with E-state index >= 15 is 0 Å². The largest absolute Gasteiger partial charge is 0.453 e. The van der Waals surface area contributed by atoms with Crippen molar-refractivity contribution in [2.45, 2.75) is 29.1 Å². The van der Waals surface area contributed by atoms with Gasteiger partial charge in [-0.25, -0.2) is 4.98 Å². The summed E-state index contributed by atoms with van der Waals surface area (Å²) in [7, 11) is 14.7. The van der Waals surface area contributed by atoms with E-state index in [1.54, 1.807) is 0 Å².